The zero-order valence-corrected chi connectivity index (χ0v) is 20.7. The van der Waals surface area contributed by atoms with Crippen LogP contribution in [0.5, 0.6) is 5.88 Å². The minimum atomic E-state index is -1.32. The molecule has 0 radical (unpaired) electrons. The Kier molecular flexibility index (Phi) is 8.34. The minimum Gasteiger partial charge on any atom is -0.493 e. The molecule has 1 saturated carbocycles. The number of aromatic hydroxyl groups is 1. The predicted molar refractivity (Wildman–Crippen MR) is 130 cm³/mol. The molecule has 0 unspecified atom stereocenters. The number of ether oxygens (including phenoxy) is 1. The van der Waals surface area contributed by atoms with Crippen LogP contribution in [0, 0.1) is 24.7 Å². The van der Waals surface area contributed by atoms with E-state index >= 15 is 0 Å². The molecule has 36 heavy (non-hydrogen) atoms. The topological polar surface area (TPSA) is 140 Å². The number of carbonyl (C=O) groups excluding carboxylic acids is 5. The number of nitrogens with one attached hydrogen (secondary N) is 1. The molecule has 0 saturated heterocycles. The van der Waals surface area contributed by atoms with Crippen LogP contribution in [0.15, 0.2) is 42.5 Å². The zero-order valence-electron chi connectivity index (χ0n) is 20.7. The first-order chi connectivity index (χ1) is 17.0. The number of aryl methyl sites for hydroxylation is 1. The molecular weight excluding hydrogens is 464 g/mol. The van der Waals surface area contributed by atoms with Crippen LogP contribution in [0.1, 0.15) is 38.4 Å². The van der Waals surface area contributed by atoms with Crippen LogP contribution >= 0.6 is 0 Å². The minimum absolute atomic E-state index is 0.0619. The van der Waals surface area contributed by atoms with Crippen molar-refractivity contribution in [3.63, 3.8) is 0 Å². The van der Waals surface area contributed by atoms with Gasteiger partial charge < -0.3 is 15.2 Å². The monoisotopic (exact) mass is 494 g/mol. The molecule has 9 nitrogen and oxygen atoms in total. The SMILES string of the molecule is Cc1nc(O)ccc1N[C@H]1CC(=O)C(=O)[C@H](Cc2ccccc2)[C@H](OC(=O)C(C)C)[C@H](C)C(=O)C1=O. The number of hydrogen-bond acceptors (Lipinski definition) is 9. The number of aromatic nitrogens is 1. The lowest BCUT2D eigenvalue weighted by Crippen LogP contribution is -2.45. The van der Waals surface area contributed by atoms with Gasteiger partial charge in [0.2, 0.25) is 29.0 Å². The maximum atomic E-state index is 13.4. The van der Waals surface area contributed by atoms with Gasteiger partial charge in [-0.15, -0.1) is 0 Å². The Balaban J connectivity index is 2.02. The predicted octanol–water partition coefficient (Wildman–Crippen LogP) is 2.62. The average molecular weight is 495 g/mol. The van der Waals surface area contributed by atoms with Gasteiger partial charge in [0, 0.05) is 12.5 Å². The number of anilines is 1. The molecule has 2 N–H and O–H groups in total. The lowest BCUT2D eigenvalue weighted by Gasteiger charge is -2.29. The van der Waals surface area contributed by atoms with Gasteiger partial charge in [-0.3, -0.25) is 24.0 Å². The maximum absolute atomic E-state index is 13.4. The molecule has 4 atom stereocenters. The second-order valence-electron chi connectivity index (χ2n) is 9.36. The highest BCUT2D eigenvalue weighted by Crippen LogP contribution is 2.28. The molecule has 1 aliphatic rings. The number of benzene rings is 1. The summed E-state index contributed by atoms with van der Waals surface area (Å²) in [6.07, 6.45) is -1.78. The molecule has 1 aliphatic carbocycles. The first kappa shape index (κ1) is 26.7. The molecule has 190 valence electrons. The molecule has 1 aromatic carbocycles. The van der Waals surface area contributed by atoms with E-state index in [0.29, 0.717) is 11.4 Å². The fraction of sp³-hybridized carbons (Fsp3) is 0.407. The zero-order chi connectivity index (χ0) is 26.6. The first-order valence-corrected chi connectivity index (χ1v) is 11.8. The van der Waals surface area contributed by atoms with Crippen LogP contribution in [0.4, 0.5) is 5.69 Å². The van der Waals surface area contributed by atoms with E-state index in [4.69, 9.17) is 4.74 Å². The quantitative estimate of drug-likeness (QED) is 0.458. The third-order valence-electron chi connectivity index (χ3n) is 6.29. The van der Waals surface area contributed by atoms with Crippen LogP contribution in [-0.4, -0.2) is 51.3 Å². The number of hydrogen-bond donors (Lipinski definition) is 2. The molecule has 0 aliphatic heterocycles. The fourth-order valence-corrected chi connectivity index (χ4v) is 4.16. The van der Waals surface area contributed by atoms with E-state index in [1.807, 2.05) is 0 Å². The second-order valence-corrected chi connectivity index (χ2v) is 9.36. The highest BCUT2D eigenvalue weighted by Gasteiger charge is 2.46. The van der Waals surface area contributed by atoms with Gasteiger partial charge in [0.05, 0.1) is 29.1 Å². The van der Waals surface area contributed by atoms with Crippen molar-refractivity contribution in [2.75, 3.05) is 5.32 Å². The third-order valence-corrected chi connectivity index (χ3v) is 6.29. The van der Waals surface area contributed by atoms with Crippen molar-refractivity contribution in [1.82, 2.24) is 4.98 Å². The normalized spacial score (nSPS) is 23.1. The highest BCUT2D eigenvalue weighted by atomic mass is 16.5. The summed E-state index contributed by atoms with van der Waals surface area (Å²) in [6, 6.07) is 10.3. The summed E-state index contributed by atoms with van der Waals surface area (Å²) >= 11 is 0. The van der Waals surface area contributed by atoms with Gasteiger partial charge in [-0.2, -0.15) is 0 Å². The summed E-state index contributed by atoms with van der Waals surface area (Å²) in [5, 5.41) is 12.4. The Labute approximate surface area is 209 Å². The van der Waals surface area contributed by atoms with Crippen LogP contribution in [-0.2, 0) is 35.1 Å². The molecule has 0 bridgehead atoms. The molecule has 0 spiro atoms. The van der Waals surface area contributed by atoms with Crippen LogP contribution in [0.3, 0.4) is 0 Å². The second kappa shape index (κ2) is 11.2. The van der Waals surface area contributed by atoms with E-state index in [1.165, 1.54) is 19.1 Å². The summed E-state index contributed by atoms with van der Waals surface area (Å²) in [5.41, 5.74) is 1.39. The highest BCUT2D eigenvalue weighted by molar-refractivity contribution is 6.44. The molecule has 1 heterocycles. The van der Waals surface area contributed by atoms with Crippen LogP contribution in [0.25, 0.3) is 0 Å². The number of carbonyl (C=O) groups is 5. The van der Waals surface area contributed by atoms with E-state index in [0.717, 1.165) is 5.56 Å². The number of rotatable bonds is 6. The van der Waals surface area contributed by atoms with Gasteiger partial charge in [-0.05, 0) is 25.0 Å². The number of pyridine rings is 1. The Morgan fingerprint density at radius 3 is 2.33 bits per heavy atom. The van der Waals surface area contributed by atoms with Gasteiger partial charge in [0.1, 0.15) is 12.1 Å². The summed E-state index contributed by atoms with van der Waals surface area (Å²) in [6.45, 7) is 6.24. The summed E-state index contributed by atoms with van der Waals surface area (Å²) in [7, 11) is 0. The Morgan fingerprint density at radius 2 is 1.72 bits per heavy atom. The number of esters is 1. The van der Waals surface area contributed by atoms with Crippen molar-refractivity contribution in [1.29, 1.82) is 0 Å². The van der Waals surface area contributed by atoms with E-state index in [1.54, 1.807) is 51.1 Å². The maximum Gasteiger partial charge on any atom is 0.308 e. The van der Waals surface area contributed by atoms with Crippen LogP contribution in [0.2, 0.25) is 0 Å². The number of ketones is 4. The Hall–Kier alpha value is -3.88. The molecule has 1 fully saturated rings. The van der Waals surface area contributed by atoms with E-state index < -0.39 is 65.4 Å². The van der Waals surface area contributed by atoms with Gasteiger partial charge >= 0.3 is 5.97 Å². The summed E-state index contributed by atoms with van der Waals surface area (Å²) < 4.78 is 5.62. The average Bonchev–Trinajstić information content (AvgIpc) is 2.86. The van der Waals surface area contributed by atoms with Gasteiger partial charge in [0.15, 0.2) is 0 Å². The van der Waals surface area contributed by atoms with E-state index in [-0.39, 0.29) is 12.3 Å². The van der Waals surface area contributed by atoms with Crippen molar-refractivity contribution in [2.24, 2.45) is 17.8 Å². The van der Waals surface area contributed by atoms with Crippen molar-refractivity contribution >= 4 is 34.8 Å². The van der Waals surface area contributed by atoms with Crippen LogP contribution < -0.4 is 5.32 Å². The molecule has 0 amide bonds. The molecular formula is C27H30N2O7. The lowest BCUT2D eigenvalue weighted by atomic mass is 9.81. The first-order valence-electron chi connectivity index (χ1n) is 11.8. The molecule has 9 heteroatoms. The molecule has 1 aromatic heterocycles. The smallest absolute Gasteiger partial charge is 0.308 e. The fourth-order valence-electron chi connectivity index (χ4n) is 4.16. The number of nitrogens with zero attached hydrogens (tertiary/aromatic N) is 1. The van der Waals surface area contributed by atoms with Crippen molar-refractivity contribution in [3.8, 4) is 5.88 Å². The lowest BCUT2D eigenvalue weighted by molar-refractivity contribution is -0.163. The Bertz CT molecular complexity index is 1180. The Morgan fingerprint density at radius 1 is 1.06 bits per heavy atom. The van der Waals surface area contributed by atoms with Crippen molar-refractivity contribution < 1.29 is 33.8 Å². The van der Waals surface area contributed by atoms with E-state index in [2.05, 4.69) is 10.3 Å². The van der Waals surface area contributed by atoms with Gasteiger partial charge in [-0.1, -0.05) is 51.1 Å². The van der Waals surface area contributed by atoms with E-state index in [9.17, 15) is 29.1 Å². The largest absolute Gasteiger partial charge is 0.493 e. The molecule has 2 aromatic rings. The standard InChI is InChI=1S/C27H30N2O7/c1-14(2)27(35)36-26-15(3)23(32)25(34)20(29-19-10-11-22(31)28-16(19)4)13-21(30)24(33)18(26)12-17-8-6-5-7-9-17/h5-11,14-15,18,20,26,29H,12-13H2,1-4H3,(H,28,31)/t15-,18+,20+,26-/m1/s1. The summed E-state index contributed by atoms with van der Waals surface area (Å²) in [4.78, 5) is 69.6. The van der Waals surface area contributed by atoms with Crippen molar-refractivity contribution in [2.45, 2.75) is 52.7 Å². The van der Waals surface area contributed by atoms with Gasteiger partial charge in [0.25, 0.3) is 0 Å². The number of Topliss-reactive ketones (excluding diaryl/α,β-unsaturated/α-hetero) is 4. The molecule has 3 rings (SSSR count). The van der Waals surface area contributed by atoms with Gasteiger partial charge in [-0.25, -0.2) is 4.98 Å². The third kappa shape index (κ3) is 6.02. The summed E-state index contributed by atoms with van der Waals surface area (Å²) in [5.74, 6) is -7.10. The van der Waals surface area contributed by atoms with Crippen molar-refractivity contribution in [3.05, 3.63) is 53.7 Å².